The third kappa shape index (κ3) is 3.68. The Labute approximate surface area is 145 Å². The highest BCUT2D eigenvalue weighted by molar-refractivity contribution is 7.89. The Morgan fingerprint density at radius 1 is 1.29 bits per heavy atom. The molecule has 0 amide bonds. The van der Waals surface area contributed by atoms with E-state index in [1.54, 1.807) is 4.31 Å². The van der Waals surface area contributed by atoms with Gasteiger partial charge in [0.15, 0.2) is 0 Å². The molecule has 1 aromatic heterocycles. The summed E-state index contributed by atoms with van der Waals surface area (Å²) in [5.41, 5.74) is 1.14. The lowest BCUT2D eigenvalue weighted by atomic mass is 9.98. The Kier molecular flexibility index (Phi) is 5.62. The topological polar surface area (TPSA) is 64.4 Å². The molecule has 2 aliphatic heterocycles. The van der Waals surface area contributed by atoms with E-state index in [0.29, 0.717) is 25.4 Å². The van der Waals surface area contributed by atoms with Crippen molar-refractivity contribution < 1.29 is 13.2 Å². The van der Waals surface area contributed by atoms with Gasteiger partial charge in [0.1, 0.15) is 5.82 Å². The lowest BCUT2D eigenvalue weighted by Gasteiger charge is -2.35. The molecule has 24 heavy (non-hydrogen) atoms. The first kappa shape index (κ1) is 17.9. The maximum atomic E-state index is 12.5. The van der Waals surface area contributed by atoms with Crippen LogP contribution in [-0.2, 0) is 14.8 Å². The van der Waals surface area contributed by atoms with Gasteiger partial charge in [0.05, 0.1) is 5.75 Å². The molecule has 1 aromatic rings. The van der Waals surface area contributed by atoms with E-state index in [2.05, 4.69) is 16.5 Å². The third-order valence-electron chi connectivity index (χ3n) is 5.18. The molecule has 136 valence electrons. The van der Waals surface area contributed by atoms with Crippen molar-refractivity contribution in [2.45, 2.75) is 57.9 Å². The highest BCUT2D eigenvalue weighted by atomic mass is 32.2. The van der Waals surface area contributed by atoms with Gasteiger partial charge in [-0.2, -0.15) is 4.31 Å². The standard InChI is InChI=1S/C17H29N3O3S/c1-3-11-24(21,22)19-8-4-5-16(13-19)20-14(2)12-18-17(20)15-6-9-23-10-7-15/h12,15-16H,3-11,13H2,1-2H3. The number of hydrogen-bond acceptors (Lipinski definition) is 4. The zero-order valence-corrected chi connectivity index (χ0v) is 15.6. The molecule has 7 heteroatoms. The second-order valence-electron chi connectivity index (χ2n) is 6.98. The predicted octanol–water partition coefficient (Wildman–Crippen LogP) is 2.46. The molecule has 1 unspecified atom stereocenters. The highest BCUT2D eigenvalue weighted by Crippen LogP contribution is 2.32. The third-order valence-corrected chi connectivity index (χ3v) is 7.22. The summed E-state index contributed by atoms with van der Waals surface area (Å²) in [6.07, 6.45) is 6.54. The number of sulfonamides is 1. The van der Waals surface area contributed by atoms with Crippen LogP contribution in [0, 0.1) is 6.92 Å². The van der Waals surface area contributed by atoms with Gasteiger partial charge in [0.2, 0.25) is 10.0 Å². The number of hydrogen-bond donors (Lipinski definition) is 0. The average molecular weight is 356 g/mol. The van der Waals surface area contributed by atoms with Crippen LogP contribution in [0.2, 0.25) is 0 Å². The fraction of sp³-hybridized carbons (Fsp3) is 0.824. The molecule has 0 N–H and O–H groups in total. The Bertz CT molecular complexity index is 650. The van der Waals surface area contributed by atoms with Gasteiger partial charge in [0, 0.05) is 50.2 Å². The van der Waals surface area contributed by atoms with E-state index >= 15 is 0 Å². The van der Waals surface area contributed by atoms with Gasteiger partial charge < -0.3 is 9.30 Å². The summed E-state index contributed by atoms with van der Waals surface area (Å²) in [5, 5.41) is 0. The second kappa shape index (κ2) is 7.54. The van der Waals surface area contributed by atoms with E-state index in [4.69, 9.17) is 4.74 Å². The highest BCUT2D eigenvalue weighted by Gasteiger charge is 2.32. The van der Waals surface area contributed by atoms with E-state index in [0.717, 1.165) is 50.4 Å². The summed E-state index contributed by atoms with van der Waals surface area (Å²) >= 11 is 0. The Morgan fingerprint density at radius 3 is 2.75 bits per heavy atom. The fourth-order valence-electron chi connectivity index (χ4n) is 3.97. The number of ether oxygens (including phenoxy) is 1. The first-order valence-corrected chi connectivity index (χ1v) is 10.7. The number of rotatable bonds is 5. The van der Waals surface area contributed by atoms with Crippen LogP contribution in [0.15, 0.2) is 6.20 Å². The summed E-state index contributed by atoms with van der Waals surface area (Å²) in [4.78, 5) is 4.68. The summed E-state index contributed by atoms with van der Waals surface area (Å²) in [6, 6.07) is 0.200. The minimum atomic E-state index is -3.13. The molecule has 2 saturated heterocycles. The van der Waals surface area contributed by atoms with E-state index in [-0.39, 0.29) is 11.8 Å². The van der Waals surface area contributed by atoms with Crippen LogP contribution < -0.4 is 0 Å². The molecule has 0 spiro atoms. The van der Waals surface area contributed by atoms with Crippen LogP contribution in [0.5, 0.6) is 0 Å². The van der Waals surface area contributed by atoms with Crippen molar-refractivity contribution in [2.75, 3.05) is 32.1 Å². The van der Waals surface area contributed by atoms with E-state index in [9.17, 15) is 8.42 Å². The van der Waals surface area contributed by atoms with E-state index < -0.39 is 10.0 Å². The van der Waals surface area contributed by atoms with Gasteiger partial charge in [-0.3, -0.25) is 0 Å². The smallest absolute Gasteiger partial charge is 0.214 e. The molecule has 1 atom stereocenters. The van der Waals surface area contributed by atoms with Gasteiger partial charge in [-0.15, -0.1) is 0 Å². The van der Waals surface area contributed by atoms with Crippen LogP contribution in [0.4, 0.5) is 0 Å². The summed E-state index contributed by atoms with van der Waals surface area (Å²) in [7, 11) is -3.13. The quantitative estimate of drug-likeness (QED) is 0.814. The zero-order valence-electron chi connectivity index (χ0n) is 14.8. The molecule has 0 bridgehead atoms. The molecule has 0 aliphatic carbocycles. The monoisotopic (exact) mass is 355 g/mol. The molecule has 2 aliphatic rings. The fourth-order valence-corrected chi connectivity index (χ4v) is 5.55. The van der Waals surface area contributed by atoms with Gasteiger partial charge in [-0.1, -0.05) is 6.92 Å². The molecule has 0 aromatic carbocycles. The van der Waals surface area contributed by atoms with Crippen molar-refractivity contribution in [2.24, 2.45) is 0 Å². The van der Waals surface area contributed by atoms with Crippen molar-refractivity contribution in [3.8, 4) is 0 Å². The van der Waals surface area contributed by atoms with Crippen LogP contribution in [0.25, 0.3) is 0 Å². The maximum Gasteiger partial charge on any atom is 0.214 e. The van der Waals surface area contributed by atoms with Gasteiger partial charge in [-0.05, 0) is 39.0 Å². The van der Waals surface area contributed by atoms with Gasteiger partial charge in [0.25, 0.3) is 0 Å². The number of nitrogens with zero attached hydrogens (tertiary/aromatic N) is 3. The van der Waals surface area contributed by atoms with Crippen LogP contribution in [-0.4, -0.2) is 54.3 Å². The van der Waals surface area contributed by atoms with E-state index in [1.807, 2.05) is 13.1 Å². The minimum absolute atomic E-state index is 0.200. The number of aryl methyl sites for hydroxylation is 1. The molecule has 3 heterocycles. The molecule has 6 nitrogen and oxygen atoms in total. The van der Waals surface area contributed by atoms with Crippen molar-refractivity contribution in [1.82, 2.24) is 13.9 Å². The van der Waals surface area contributed by atoms with Crippen molar-refractivity contribution in [3.05, 3.63) is 17.7 Å². The van der Waals surface area contributed by atoms with Gasteiger partial charge >= 0.3 is 0 Å². The van der Waals surface area contributed by atoms with Crippen LogP contribution in [0.3, 0.4) is 0 Å². The summed E-state index contributed by atoms with van der Waals surface area (Å²) < 4.78 is 34.4. The molecular weight excluding hydrogens is 326 g/mol. The lowest BCUT2D eigenvalue weighted by Crippen LogP contribution is -2.42. The summed E-state index contributed by atoms with van der Waals surface area (Å²) in [6.45, 7) is 6.81. The molecule has 2 fully saturated rings. The molecule has 0 saturated carbocycles. The maximum absolute atomic E-state index is 12.5. The second-order valence-corrected chi connectivity index (χ2v) is 9.07. The molecular formula is C17H29N3O3S. The van der Waals surface area contributed by atoms with Crippen LogP contribution in [0.1, 0.15) is 62.5 Å². The average Bonchev–Trinajstić information content (AvgIpc) is 2.97. The first-order valence-electron chi connectivity index (χ1n) is 9.12. The summed E-state index contributed by atoms with van der Waals surface area (Å²) in [5.74, 6) is 1.79. The van der Waals surface area contributed by atoms with E-state index in [1.165, 1.54) is 0 Å². The predicted molar refractivity (Wildman–Crippen MR) is 93.7 cm³/mol. The molecule has 0 radical (unpaired) electrons. The SMILES string of the molecule is CCCS(=O)(=O)N1CCCC(n2c(C)cnc2C2CCOCC2)C1. The molecule has 3 rings (SSSR count). The van der Waals surface area contributed by atoms with Gasteiger partial charge in [-0.25, -0.2) is 13.4 Å². The minimum Gasteiger partial charge on any atom is -0.381 e. The van der Waals surface area contributed by atoms with Crippen molar-refractivity contribution in [3.63, 3.8) is 0 Å². The first-order chi connectivity index (χ1) is 11.5. The van der Waals surface area contributed by atoms with Crippen LogP contribution >= 0.6 is 0 Å². The number of aromatic nitrogens is 2. The Morgan fingerprint density at radius 2 is 2.04 bits per heavy atom. The van der Waals surface area contributed by atoms with Crippen molar-refractivity contribution >= 4 is 10.0 Å². The zero-order chi connectivity index (χ0) is 17.2. The normalized spacial score (nSPS) is 24.3. The largest absolute Gasteiger partial charge is 0.381 e. The Hall–Kier alpha value is -0.920. The number of piperidine rings is 1. The Balaban J connectivity index is 1.82. The lowest BCUT2D eigenvalue weighted by molar-refractivity contribution is 0.0819. The number of imidazole rings is 1. The van der Waals surface area contributed by atoms with Crippen molar-refractivity contribution in [1.29, 1.82) is 0 Å².